The van der Waals surface area contributed by atoms with Crippen molar-refractivity contribution in [2.75, 3.05) is 31.7 Å². The highest BCUT2D eigenvalue weighted by molar-refractivity contribution is 7.98. The summed E-state index contributed by atoms with van der Waals surface area (Å²) in [5.41, 5.74) is 27.0. The molecule has 15 N–H and O–H groups in total. The molecule has 0 radical (unpaired) electrons. The first-order valence-electron chi connectivity index (χ1n) is 11.5. The highest BCUT2D eigenvalue weighted by Gasteiger charge is 2.29. The third kappa shape index (κ3) is 15.4. The van der Waals surface area contributed by atoms with E-state index in [1.165, 1.54) is 11.8 Å². The number of aliphatic imine (C=N–C) groups is 2. The molecule has 17 heteroatoms. The first-order chi connectivity index (χ1) is 17.4. The second kappa shape index (κ2) is 18.9. The van der Waals surface area contributed by atoms with Crippen LogP contribution < -0.4 is 44.6 Å². The van der Waals surface area contributed by atoms with Gasteiger partial charge in [0, 0.05) is 13.1 Å². The number of carboxylic acid groups (broad SMARTS) is 1. The standard InChI is InChI=1S/C20H40N10O6S/c1-37-9-6-13(18(35)36)29-17(34)14(10-31)30-16(33)12(5-3-8-27-20(24)25)28-15(32)11(21)4-2-7-26-19(22)23/h11-14,31H,2-10,21H2,1H3,(H,28,32)(H,29,34)(H,30,33)(H,35,36)(H4,22,23,26)(H4,24,25,27). The number of hydrogen-bond acceptors (Lipinski definition) is 9. The fraction of sp³-hybridized carbons (Fsp3) is 0.700. The molecule has 0 saturated carbocycles. The highest BCUT2D eigenvalue weighted by atomic mass is 32.2. The summed E-state index contributed by atoms with van der Waals surface area (Å²) in [6, 6.07) is -4.75. The van der Waals surface area contributed by atoms with Crippen LogP contribution in [0.4, 0.5) is 0 Å². The molecule has 0 aliphatic carbocycles. The topological polar surface area (TPSA) is 300 Å². The summed E-state index contributed by atoms with van der Waals surface area (Å²) in [4.78, 5) is 57.1. The Labute approximate surface area is 219 Å². The molecule has 0 aromatic rings. The van der Waals surface area contributed by atoms with Gasteiger partial charge >= 0.3 is 5.97 Å². The Morgan fingerprint density at radius 1 is 0.784 bits per heavy atom. The Bertz CT molecular complexity index is 804. The molecule has 212 valence electrons. The van der Waals surface area contributed by atoms with E-state index >= 15 is 0 Å². The number of carboxylic acids is 1. The average molecular weight is 549 g/mol. The van der Waals surface area contributed by atoms with Crippen LogP contribution in [0.2, 0.25) is 0 Å². The normalized spacial score (nSPS) is 13.8. The number of amides is 3. The molecule has 3 amide bonds. The first-order valence-corrected chi connectivity index (χ1v) is 12.9. The molecule has 0 saturated heterocycles. The van der Waals surface area contributed by atoms with Crippen molar-refractivity contribution in [2.45, 2.75) is 56.3 Å². The quantitative estimate of drug-likeness (QED) is 0.0416. The summed E-state index contributed by atoms with van der Waals surface area (Å²) in [6.07, 6.45) is 2.97. The molecule has 4 atom stereocenters. The number of nitrogens with two attached hydrogens (primary N) is 5. The maximum absolute atomic E-state index is 12.9. The summed E-state index contributed by atoms with van der Waals surface area (Å²) >= 11 is 1.40. The maximum atomic E-state index is 12.9. The summed E-state index contributed by atoms with van der Waals surface area (Å²) < 4.78 is 0. The number of aliphatic hydroxyl groups excluding tert-OH is 1. The van der Waals surface area contributed by atoms with Crippen LogP contribution in [-0.4, -0.2) is 102 Å². The third-order valence-electron chi connectivity index (χ3n) is 4.92. The smallest absolute Gasteiger partial charge is 0.326 e. The van der Waals surface area contributed by atoms with Crippen LogP contribution in [0.25, 0.3) is 0 Å². The van der Waals surface area contributed by atoms with Crippen LogP contribution in [0.5, 0.6) is 0 Å². The second-order valence-electron chi connectivity index (χ2n) is 7.99. The highest BCUT2D eigenvalue weighted by Crippen LogP contribution is 2.04. The predicted molar refractivity (Wildman–Crippen MR) is 141 cm³/mol. The zero-order valence-electron chi connectivity index (χ0n) is 20.9. The largest absolute Gasteiger partial charge is 0.480 e. The maximum Gasteiger partial charge on any atom is 0.326 e. The molecule has 0 heterocycles. The Balaban J connectivity index is 5.30. The summed E-state index contributed by atoms with van der Waals surface area (Å²) in [6.45, 7) is -0.356. The van der Waals surface area contributed by atoms with E-state index < -0.39 is 54.5 Å². The molecule has 4 unspecified atom stereocenters. The number of carbonyl (C=O) groups is 4. The van der Waals surface area contributed by atoms with E-state index in [1.54, 1.807) is 6.26 Å². The summed E-state index contributed by atoms with van der Waals surface area (Å²) in [5, 5.41) is 26.1. The van der Waals surface area contributed by atoms with E-state index in [4.69, 9.17) is 28.7 Å². The number of thioether (sulfide) groups is 1. The van der Waals surface area contributed by atoms with Gasteiger partial charge in [0.05, 0.1) is 12.6 Å². The monoisotopic (exact) mass is 548 g/mol. The minimum Gasteiger partial charge on any atom is -0.480 e. The van der Waals surface area contributed by atoms with Crippen molar-refractivity contribution in [1.29, 1.82) is 0 Å². The Kier molecular flexibility index (Phi) is 17.2. The molecule has 0 fully saturated rings. The van der Waals surface area contributed by atoms with Crippen LogP contribution in [0.15, 0.2) is 9.98 Å². The lowest BCUT2D eigenvalue weighted by molar-refractivity contribution is -0.142. The molecule has 37 heavy (non-hydrogen) atoms. The number of guanidine groups is 2. The van der Waals surface area contributed by atoms with Gasteiger partial charge in [0.2, 0.25) is 17.7 Å². The molecule has 0 spiro atoms. The van der Waals surface area contributed by atoms with Crippen molar-refractivity contribution in [2.24, 2.45) is 38.7 Å². The number of aliphatic hydroxyl groups is 1. The lowest BCUT2D eigenvalue weighted by Crippen LogP contribution is -2.58. The first kappa shape index (κ1) is 33.7. The van der Waals surface area contributed by atoms with Gasteiger partial charge in [0.25, 0.3) is 0 Å². The molecule has 0 bridgehead atoms. The second-order valence-corrected chi connectivity index (χ2v) is 8.98. The van der Waals surface area contributed by atoms with Gasteiger partial charge in [0.1, 0.15) is 18.1 Å². The lowest BCUT2D eigenvalue weighted by Gasteiger charge is -2.24. The van der Waals surface area contributed by atoms with Crippen molar-refractivity contribution in [3.63, 3.8) is 0 Å². The van der Waals surface area contributed by atoms with Crippen LogP contribution in [0, 0.1) is 0 Å². The molecule has 0 rings (SSSR count). The molecule has 0 aromatic heterocycles. The molecule has 16 nitrogen and oxygen atoms in total. The van der Waals surface area contributed by atoms with Crippen LogP contribution >= 0.6 is 11.8 Å². The van der Waals surface area contributed by atoms with Gasteiger partial charge in [-0.25, -0.2) is 4.79 Å². The van der Waals surface area contributed by atoms with Crippen molar-refractivity contribution >= 4 is 47.4 Å². The van der Waals surface area contributed by atoms with Gasteiger partial charge < -0.3 is 54.8 Å². The van der Waals surface area contributed by atoms with Crippen LogP contribution in [0.1, 0.15) is 32.1 Å². The van der Waals surface area contributed by atoms with Gasteiger partial charge in [-0.3, -0.25) is 24.4 Å². The fourth-order valence-corrected chi connectivity index (χ4v) is 3.40. The molecular formula is C20H40N10O6S. The van der Waals surface area contributed by atoms with Gasteiger partial charge in [0.15, 0.2) is 11.9 Å². The van der Waals surface area contributed by atoms with E-state index in [2.05, 4.69) is 25.9 Å². The summed E-state index contributed by atoms with van der Waals surface area (Å²) in [5.74, 6) is -3.29. The van der Waals surface area contributed by atoms with Gasteiger partial charge in [-0.15, -0.1) is 0 Å². The molecule has 0 aromatic carbocycles. The number of carbonyl (C=O) groups excluding carboxylic acids is 3. The minimum atomic E-state index is -1.45. The van der Waals surface area contributed by atoms with E-state index in [-0.39, 0.29) is 44.3 Å². The van der Waals surface area contributed by atoms with Crippen LogP contribution in [0.3, 0.4) is 0 Å². The minimum absolute atomic E-state index is 0.0836. The number of aliphatic carboxylic acids is 1. The zero-order chi connectivity index (χ0) is 28.4. The fourth-order valence-electron chi connectivity index (χ4n) is 2.93. The van der Waals surface area contributed by atoms with Gasteiger partial charge in [-0.2, -0.15) is 11.8 Å². The number of rotatable bonds is 19. The van der Waals surface area contributed by atoms with Gasteiger partial charge in [-0.1, -0.05) is 0 Å². The number of nitrogens with zero attached hydrogens (tertiary/aromatic N) is 2. The summed E-state index contributed by atoms with van der Waals surface area (Å²) in [7, 11) is 0. The lowest BCUT2D eigenvalue weighted by atomic mass is 10.1. The Morgan fingerprint density at radius 2 is 1.27 bits per heavy atom. The average Bonchev–Trinajstić information content (AvgIpc) is 2.83. The number of hydrogen-bond donors (Lipinski definition) is 10. The zero-order valence-corrected chi connectivity index (χ0v) is 21.7. The van der Waals surface area contributed by atoms with Crippen LogP contribution in [-0.2, 0) is 19.2 Å². The van der Waals surface area contributed by atoms with E-state index in [0.717, 1.165) is 0 Å². The Morgan fingerprint density at radius 3 is 1.76 bits per heavy atom. The Hall–Kier alpha value is -3.31. The van der Waals surface area contributed by atoms with E-state index in [0.29, 0.717) is 18.6 Å². The van der Waals surface area contributed by atoms with Crippen molar-refractivity contribution in [3.8, 4) is 0 Å². The van der Waals surface area contributed by atoms with Crippen molar-refractivity contribution in [3.05, 3.63) is 0 Å². The SMILES string of the molecule is CSCCC(NC(=O)C(CO)NC(=O)C(CCCN=C(N)N)NC(=O)C(N)CCCN=C(N)N)C(=O)O. The van der Waals surface area contributed by atoms with Crippen molar-refractivity contribution < 1.29 is 29.4 Å². The van der Waals surface area contributed by atoms with E-state index in [1.807, 2.05) is 0 Å². The number of nitrogens with one attached hydrogen (secondary N) is 3. The molecule has 0 aliphatic rings. The van der Waals surface area contributed by atoms with E-state index in [9.17, 15) is 29.4 Å². The molecular weight excluding hydrogens is 508 g/mol. The molecule has 0 aliphatic heterocycles. The third-order valence-corrected chi connectivity index (χ3v) is 5.57. The predicted octanol–water partition coefficient (Wildman–Crippen LogP) is -4.29. The van der Waals surface area contributed by atoms with Gasteiger partial charge in [-0.05, 0) is 44.1 Å². The van der Waals surface area contributed by atoms with Crippen molar-refractivity contribution in [1.82, 2.24) is 16.0 Å².